The van der Waals surface area contributed by atoms with Crippen LogP contribution in [-0.4, -0.2) is 40.9 Å². The van der Waals surface area contributed by atoms with Crippen LogP contribution in [0.5, 0.6) is 0 Å². The highest BCUT2D eigenvalue weighted by Gasteiger charge is 2.30. The molecule has 0 aromatic carbocycles. The van der Waals surface area contributed by atoms with Gasteiger partial charge in [-0.2, -0.15) is 10.4 Å². The highest BCUT2D eigenvalue weighted by Crippen LogP contribution is 2.30. The number of halogens is 1. The second-order valence-corrected chi connectivity index (χ2v) is 7.29. The van der Waals surface area contributed by atoms with Gasteiger partial charge in [0.15, 0.2) is 5.82 Å². The molecule has 0 bridgehead atoms. The number of nitrogens with zero attached hydrogens (tertiary/aromatic N) is 3. The molecule has 0 radical (unpaired) electrons. The molecule has 4 rings (SSSR count). The third kappa shape index (κ3) is 10.6. The number of nitriles is 1. The molecule has 9 heteroatoms. The Morgan fingerprint density at radius 2 is 1.69 bits per heavy atom. The number of anilines is 1. The first-order valence-corrected chi connectivity index (χ1v) is 10.2. The second kappa shape index (κ2) is 13.7. The zero-order chi connectivity index (χ0) is 21.6. The molecule has 2 heterocycles. The molecule has 3 aliphatic rings. The third-order valence-corrected chi connectivity index (χ3v) is 4.52. The van der Waals surface area contributed by atoms with Gasteiger partial charge in [-0.1, -0.05) is 38.5 Å². The highest BCUT2D eigenvalue weighted by atomic mass is 19.1. The van der Waals surface area contributed by atoms with Crippen molar-refractivity contribution >= 4 is 17.6 Å². The maximum Gasteiger partial charge on any atom is 0.254 e. The SMILES string of the molecule is C1CCCCC1.CC#N.Cn1cc(C(N)=O)c(NC(=O)C2CC2)n1.FC1CNC1. The Labute approximate surface area is 172 Å². The van der Waals surface area contributed by atoms with Gasteiger partial charge in [0.1, 0.15) is 11.7 Å². The largest absolute Gasteiger partial charge is 0.365 e. The van der Waals surface area contributed by atoms with E-state index in [-0.39, 0.29) is 23.2 Å². The lowest BCUT2D eigenvalue weighted by molar-refractivity contribution is -0.117. The standard InChI is InChI=1S/C9H12N4O2.C6H12.C3H6FN.C2H3N/c1-13-4-6(7(10)14)8(12-13)11-9(15)5-2-3-5;1-2-4-6-5-3-1;4-3-1-5-2-3;1-2-3/h4-5H,2-3H2,1H3,(H2,10,14)(H,11,12,15);1-6H2;3,5H,1-2H2;1H3. The number of amides is 2. The van der Waals surface area contributed by atoms with E-state index in [9.17, 15) is 14.0 Å². The van der Waals surface area contributed by atoms with Gasteiger partial charge in [0, 0.05) is 39.2 Å². The van der Waals surface area contributed by atoms with Crippen molar-refractivity contribution in [1.82, 2.24) is 15.1 Å². The van der Waals surface area contributed by atoms with E-state index in [0.29, 0.717) is 13.1 Å². The van der Waals surface area contributed by atoms with E-state index in [1.807, 2.05) is 0 Å². The average molecular weight is 409 g/mol. The number of aryl methyl sites for hydroxylation is 1. The summed E-state index contributed by atoms with van der Waals surface area (Å²) in [6.45, 7) is 2.57. The van der Waals surface area contributed by atoms with Crippen LogP contribution in [0.2, 0.25) is 0 Å². The number of nitrogens with two attached hydrogens (primary N) is 1. The molecule has 2 amide bonds. The Morgan fingerprint density at radius 1 is 1.24 bits per heavy atom. The molecule has 1 aliphatic heterocycles. The monoisotopic (exact) mass is 408 g/mol. The van der Waals surface area contributed by atoms with Gasteiger partial charge in [-0.15, -0.1) is 0 Å². The molecule has 8 nitrogen and oxygen atoms in total. The van der Waals surface area contributed by atoms with Crippen molar-refractivity contribution in [3.8, 4) is 6.07 Å². The van der Waals surface area contributed by atoms with E-state index in [4.69, 9.17) is 11.0 Å². The minimum Gasteiger partial charge on any atom is -0.365 e. The molecule has 0 atom stereocenters. The number of nitrogens with one attached hydrogen (secondary N) is 2. The third-order valence-electron chi connectivity index (χ3n) is 4.52. The summed E-state index contributed by atoms with van der Waals surface area (Å²) in [4.78, 5) is 22.5. The lowest BCUT2D eigenvalue weighted by Gasteiger charge is -2.17. The first-order chi connectivity index (χ1) is 13.9. The maximum atomic E-state index is 11.5. The first kappa shape index (κ1) is 24.6. The minimum atomic E-state index is -0.589. The molecule has 29 heavy (non-hydrogen) atoms. The predicted octanol–water partition coefficient (Wildman–Crippen LogP) is 2.67. The zero-order valence-electron chi connectivity index (χ0n) is 17.4. The molecule has 0 spiro atoms. The van der Waals surface area contributed by atoms with Crippen molar-refractivity contribution < 1.29 is 14.0 Å². The van der Waals surface area contributed by atoms with Gasteiger partial charge in [-0.3, -0.25) is 14.3 Å². The van der Waals surface area contributed by atoms with Gasteiger partial charge in [-0.05, 0) is 12.8 Å². The second-order valence-electron chi connectivity index (χ2n) is 7.29. The molecular weight excluding hydrogens is 375 g/mol. The first-order valence-electron chi connectivity index (χ1n) is 10.2. The Morgan fingerprint density at radius 3 is 2.00 bits per heavy atom. The molecule has 162 valence electrons. The van der Waals surface area contributed by atoms with Crippen LogP contribution in [0.15, 0.2) is 6.20 Å². The van der Waals surface area contributed by atoms with Crippen molar-refractivity contribution in [2.75, 3.05) is 18.4 Å². The zero-order valence-corrected chi connectivity index (χ0v) is 17.4. The van der Waals surface area contributed by atoms with Crippen LogP contribution in [0.1, 0.15) is 68.6 Å². The number of carbonyl (C=O) groups is 2. The fourth-order valence-electron chi connectivity index (χ4n) is 2.64. The molecule has 2 aliphatic carbocycles. The van der Waals surface area contributed by atoms with Crippen molar-refractivity contribution in [3.05, 3.63) is 11.8 Å². The number of primary amides is 1. The van der Waals surface area contributed by atoms with E-state index < -0.39 is 12.1 Å². The van der Waals surface area contributed by atoms with Crippen LogP contribution in [0.4, 0.5) is 10.2 Å². The molecule has 1 aromatic heterocycles. The van der Waals surface area contributed by atoms with Crippen LogP contribution < -0.4 is 16.4 Å². The fraction of sp³-hybridized carbons (Fsp3) is 0.700. The van der Waals surface area contributed by atoms with Gasteiger partial charge in [-0.25, -0.2) is 4.39 Å². The van der Waals surface area contributed by atoms with Gasteiger partial charge < -0.3 is 16.4 Å². The van der Waals surface area contributed by atoms with Crippen molar-refractivity contribution in [1.29, 1.82) is 5.26 Å². The van der Waals surface area contributed by atoms with Gasteiger partial charge >= 0.3 is 0 Å². The summed E-state index contributed by atoms with van der Waals surface area (Å²) in [5, 5.41) is 16.7. The van der Waals surface area contributed by atoms with Crippen molar-refractivity contribution in [2.24, 2.45) is 18.7 Å². The van der Waals surface area contributed by atoms with E-state index in [0.717, 1.165) is 12.8 Å². The fourth-order valence-corrected chi connectivity index (χ4v) is 2.64. The van der Waals surface area contributed by atoms with Crippen LogP contribution in [-0.2, 0) is 11.8 Å². The van der Waals surface area contributed by atoms with Gasteiger partial charge in [0.25, 0.3) is 5.91 Å². The lowest BCUT2D eigenvalue weighted by atomic mass is 10.0. The van der Waals surface area contributed by atoms with Crippen LogP contribution in [0, 0.1) is 17.2 Å². The summed E-state index contributed by atoms with van der Waals surface area (Å²) >= 11 is 0. The summed E-state index contributed by atoms with van der Waals surface area (Å²) in [5.74, 6) is -0.347. The number of hydrogen-bond donors (Lipinski definition) is 3. The lowest BCUT2D eigenvalue weighted by Crippen LogP contribution is -2.43. The van der Waals surface area contributed by atoms with E-state index in [1.165, 1.54) is 56.3 Å². The van der Waals surface area contributed by atoms with E-state index in [2.05, 4.69) is 15.7 Å². The van der Waals surface area contributed by atoms with Crippen LogP contribution >= 0.6 is 0 Å². The Kier molecular flexibility index (Phi) is 11.6. The summed E-state index contributed by atoms with van der Waals surface area (Å²) in [6.07, 6.45) is 11.8. The maximum absolute atomic E-state index is 11.5. The normalized spacial score (nSPS) is 17.4. The number of rotatable bonds is 3. The van der Waals surface area contributed by atoms with Crippen molar-refractivity contribution in [2.45, 2.75) is 64.5 Å². The average Bonchev–Trinajstić information content (AvgIpc) is 3.46. The number of alkyl halides is 1. The topological polar surface area (TPSA) is 126 Å². The summed E-state index contributed by atoms with van der Waals surface area (Å²) in [6, 6.07) is 1.75. The predicted molar refractivity (Wildman–Crippen MR) is 110 cm³/mol. The Bertz CT molecular complexity index is 661. The number of aromatic nitrogens is 2. The Hall–Kier alpha value is -2.47. The van der Waals surface area contributed by atoms with E-state index in [1.54, 1.807) is 13.1 Å². The molecule has 1 saturated heterocycles. The Balaban J connectivity index is 0.000000245. The minimum absolute atomic E-state index is 0.0766. The smallest absolute Gasteiger partial charge is 0.254 e. The quantitative estimate of drug-likeness (QED) is 0.709. The molecule has 4 N–H and O–H groups in total. The summed E-state index contributed by atoms with van der Waals surface area (Å²) in [5.41, 5.74) is 5.39. The molecule has 2 saturated carbocycles. The molecule has 0 unspecified atom stereocenters. The summed E-state index contributed by atoms with van der Waals surface area (Å²) < 4.78 is 12.9. The number of hydrogen-bond acceptors (Lipinski definition) is 5. The van der Waals surface area contributed by atoms with Gasteiger partial charge in [0.2, 0.25) is 5.91 Å². The van der Waals surface area contributed by atoms with Crippen LogP contribution in [0.3, 0.4) is 0 Å². The molecular formula is C20H33FN6O2. The molecule has 1 aromatic rings. The van der Waals surface area contributed by atoms with Crippen molar-refractivity contribution in [3.63, 3.8) is 0 Å². The highest BCUT2D eigenvalue weighted by molar-refractivity contribution is 6.02. The van der Waals surface area contributed by atoms with Crippen LogP contribution in [0.25, 0.3) is 0 Å². The molecule has 3 fully saturated rings. The van der Waals surface area contributed by atoms with E-state index >= 15 is 0 Å². The van der Waals surface area contributed by atoms with Gasteiger partial charge in [0.05, 0.1) is 6.07 Å². The summed E-state index contributed by atoms with van der Waals surface area (Å²) in [7, 11) is 1.67. The number of carbonyl (C=O) groups excluding carboxylic acids is 2.